The number of rotatable bonds is 12. The first kappa shape index (κ1) is 54.4. The van der Waals surface area contributed by atoms with E-state index in [1.54, 1.807) is 50.1 Å². The summed E-state index contributed by atoms with van der Waals surface area (Å²) in [5.41, 5.74) is 4.62. The van der Waals surface area contributed by atoms with Crippen LogP contribution >= 0.6 is 34.9 Å². The van der Waals surface area contributed by atoms with Crippen LogP contribution < -0.4 is 29.6 Å². The zero-order chi connectivity index (χ0) is 36.4. The molecule has 17 heteroatoms. The predicted octanol–water partition coefficient (Wildman–Crippen LogP) is 3.28. The van der Waals surface area contributed by atoms with Gasteiger partial charge in [0, 0.05) is 43.4 Å². The molecule has 0 unspecified atom stereocenters. The van der Waals surface area contributed by atoms with E-state index in [4.69, 9.17) is 47.2 Å². The quantitative estimate of drug-likeness (QED) is 0.112. The number of aliphatic hydroxyl groups is 1. The van der Waals surface area contributed by atoms with E-state index in [0.29, 0.717) is 50.4 Å². The van der Waals surface area contributed by atoms with Gasteiger partial charge in [0.1, 0.15) is 0 Å². The number of hydrogen-bond donors (Lipinski definition) is 1. The second kappa shape index (κ2) is 38.4. The molecule has 2 aromatic rings. The average molecular weight is 729 g/mol. The molecule has 2 aromatic heterocycles. The van der Waals surface area contributed by atoms with Gasteiger partial charge in [0.2, 0.25) is 0 Å². The molecular weight excluding hydrogens is 680 g/mol. The van der Waals surface area contributed by atoms with Crippen molar-refractivity contribution < 1.29 is 72.7 Å². The van der Waals surface area contributed by atoms with Crippen LogP contribution in [0.3, 0.4) is 0 Å². The first-order chi connectivity index (χ1) is 21.9. The monoisotopic (exact) mass is 728 g/mol. The molecule has 0 spiro atoms. The molecule has 0 radical (unpaired) electrons. The van der Waals surface area contributed by atoms with E-state index < -0.39 is 11.9 Å². The average Bonchev–Trinajstić information content (AvgIpc) is 3.63. The molecule has 0 aliphatic carbocycles. The van der Waals surface area contributed by atoms with E-state index in [9.17, 15) is 9.59 Å². The van der Waals surface area contributed by atoms with Gasteiger partial charge in [-0.25, -0.2) is 26.1 Å². The predicted molar refractivity (Wildman–Crippen MR) is 182 cm³/mol. The maximum atomic E-state index is 11.0. The number of aliphatic hydroxyl groups excluding tert-OH is 1. The molecule has 0 saturated heterocycles. The van der Waals surface area contributed by atoms with Gasteiger partial charge in [0.05, 0.1) is 43.1 Å². The Kier molecular flexibility index (Phi) is 44.4. The van der Waals surface area contributed by atoms with Crippen molar-refractivity contribution in [1.29, 1.82) is 5.26 Å². The van der Waals surface area contributed by atoms with Crippen LogP contribution in [0.4, 0.5) is 0 Å². The van der Waals surface area contributed by atoms with Gasteiger partial charge in [-0.1, -0.05) is 0 Å². The zero-order valence-corrected chi connectivity index (χ0v) is 34.0. The zero-order valence-electron chi connectivity index (χ0n) is 29.5. The first-order valence-electron chi connectivity index (χ1n) is 14.2. The Hall–Kier alpha value is -2.09. The molecule has 0 bridgehead atoms. The summed E-state index contributed by atoms with van der Waals surface area (Å²) >= 11 is 7.58. The molecule has 262 valence electrons. The Bertz CT molecular complexity index is 1090. The van der Waals surface area contributed by atoms with E-state index in [0.717, 1.165) is 15.4 Å². The standard InChI is InChI=1S/C8H18O3.C7H9NO2S.C5H7NO2.C5H7NOS.C4H8OS.CN.Na/c1-5-9-8(4,10-6-2)11-7-3;1-3-10-7(9)6-5(2)11-4-8-6;1-3-8-5(7)4-6-2;1-4-5(2-7)6-3-8-4;1-3-5-4(2)6;1-2;/h5-7H2,1-4H3;4H,3H2,1-2H3;3-4H2,1H3;3,7H,2H2,1H3;3H2,1-2H3;;/q;;;;;-1;+1. The van der Waals surface area contributed by atoms with Crippen molar-refractivity contribution in [2.75, 3.05) is 46.2 Å². The van der Waals surface area contributed by atoms with Crippen LogP contribution in [0.1, 0.15) is 81.3 Å². The molecule has 0 amide bonds. The Labute approximate surface area is 316 Å². The van der Waals surface area contributed by atoms with E-state index in [1.165, 1.54) is 11.3 Å². The fourth-order valence-corrected chi connectivity index (χ4v) is 3.84. The van der Waals surface area contributed by atoms with E-state index >= 15 is 0 Å². The fraction of sp³-hybridized carbons (Fsp3) is 0.633. The van der Waals surface area contributed by atoms with Crippen LogP contribution in [-0.2, 0) is 39.8 Å². The molecule has 0 aliphatic rings. The Morgan fingerprint density at radius 1 is 0.872 bits per heavy atom. The molecule has 0 aliphatic heterocycles. The van der Waals surface area contributed by atoms with Gasteiger partial charge in [-0.3, -0.25) is 0 Å². The topological polar surface area (TPSA) is 164 Å². The molecule has 0 aromatic carbocycles. The molecule has 2 heterocycles. The van der Waals surface area contributed by atoms with E-state index in [2.05, 4.69) is 31.8 Å². The summed E-state index contributed by atoms with van der Waals surface area (Å²) in [4.78, 5) is 33.9. The largest absolute Gasteiger partial charge is 1.00 e. The smallest absolute Gasteiger partial charge is 0.512 e. The van der Waals surface area contributed by atoms with Crippen LogP contribution in [0.25, 0.3) is 4.85 Å². The first-order valence-corrected chi connectivity index (χ1v) is 16.4. The number of carbonyl (C=O) groups excluding carboxylic acids is 2. The summed E-state index contributed by atoms with van der Waals surface area (Å²) in [5.74, 6) is -1.62. The minimum Gasteiger partial charge on any atom is -0.512 e. The summed E-state index contributed by atoms with van der Waals surface area (Å²) in [6, 6.07) is 0. The molecule has 0 fully saturated rings. The number of aromatic nitrogens is 2. The number of aryl methyl sites for hydroxylation is 2. The molecule has 2 rings (SSSR count). The Morgan fingerprint density at radius 2 is 1.32 bits per heavy atom. The second-order valence-electron chi connectivity index (χ2n) is 7.70. The third-order valence-corrected chi connectivity index (χ3v) is 5.96. The Morgan fingerprint density at radius 3 is 1.57 bits per heavy atom. The normalized spacial score (nSPS) is 9.02. The van der Waals surface area contributed by atoms with Crippen molar-refractivity contribution in [2.45, 2.75) is 81.8 Å². The number of nitrogens with zero attached hydrogens (tertiary/aromatic N) is 4. The number of ether oxygens (including phenoxy) is 6. The van der Waals surface area contributed by atoms with Gasteiger partial charge in [0.15, 0.2) is 10.7 Å². The maximum absolute atomic E-state index is 11.0. The van der Waals surface area contributed by atoms with Crippen LogP contribution in [0.2, 0.25) is 0 Å². The van der Waals surface area contributed by atoms with Gasteiger partial charge in [0.25, 0.3) is 5.97 Å². The van der Waals surface area contributed by atoms with Crippen LogP contribution in [0.5, 0.6) is 0 Å². The van der Waals surface area contributed by atoms with Crippen molar-refractivity contribution in [2.24, 2.45) is 0 Å². The van der Waals surface area contributed by atoms with Crippen LogP contribution in [0, 0.1) is 32.3 Å². The number of thiocarbonyl (C=S) groups is 1. The number of esters is 2. The van der Waals surface area contributed by atoms with Crippen LogP contribution in [0.15, 0.2) is 11.0 Å². The van der Waals surface area contributed by atoms with Crippen molar-refractivity contribution in [3.05, 3.63) is 50.2 Å². The third-order valence-electron chi connectivity index (χ3n) is 4.29. The van der Waals surface area contributed by atoms with Gasteiger partial charge in [-0.2, -0.15) is 0 Å². The van der Waals surface area contributed by atoms with Crippen molar-refractivity contribution in [3.63, 3.8) is 0 Å². The molecular formula is C30H49N4NaO9S3. The molecule has 47 heavy (non-hydrogen) atoms. The molecule has 13 nitrogen and oxygen atoms in total. The maximum Gasteiger partial charge on any atom is 1.00 e. The molecule has 0 saturated carbocycles. The van der Waals surface area contributed by atoms with Crippen LogP contribution in [-0.4, -0.2) is 84.2 Å². The van der Waals surface area contributed by atoms with Gasteiger partial charge in [-0.05, 0) is 67.6 Å². The van der Waals surface area contributed by atoms with Gasteiger partial charge < -0.3 is 50.2 Å². The van der Waals surface area contributed by atoms with Crippen molar-refractivity contribution in [3.8, 4) is 0 Å². The van der Waals surface area contributed by atoms with E-state index in [1.807, 2.05) is 41.5 Å². The van der Waals surface area contributed by atoms with E-state index in [-0.39, 0.29) is 48.7 Å². The SMILES string of the molecule is CCOC(=O)c1ncsc1C.CCOC(C)(OCC)OCC.CCOC(C)=S.Cc1scnc1CO.[C-]#N.[C-]#[N+]CC(=O)OCC.[Na+]. The third kappa shape index (κ3) is 33.6. The van der Waals surface area contributed by atoms with Gasteiger partial charge in [-0.15, -0.1) is 22.7 Å². The van der Waals surface area contributed by atoms with Crippen molar-refractivity contribution >= 4 is 51.9 Å². The summed E-state index contributed by atoms with van der Waals surface area (Å²) in [7, 11) is 0. The fourth-order valence-electron chi connectivity index (χ4n) is 2.57. The number of thiazole rings is 2. The second-order valence-corrected chi connectivity index (χ2v) is 10.4. The minimum absolute atomic E-state index is 0. The molecule has 0 atom stereocenters. The summed E-state index contributed by atoms with van der Waals surface area (Å²) in [6.45, 7) is 32.6. The summed E-state index contributed by atoms with van der Waals surface area (Å²) in [5, 5.41) is 15.4. The summed E-state index contributed by atoms with van der Waals surface area (Å²) in [6.07, 6.45) is 0. The van der Waals surface area contributed by atoms with Crippen molar-refractivity contribution in [1.82, 2.24) is 9.97 Å². The summed E-state index contributed by atoms with van der Waals surface area (Å²) < 4.78 is 29.8. The van der Waals surface area contributed by atoms with Gasteiger partial charge >= 0.3 is 48.0 Å². The molecule has 1 N–H and O–H groups in total. The number of carbonyl (C=O) groups is 2. The Balaban J connectivity index is -0.000000156. The number of hydrogen-bond acceptors (Lipinski definition) is 15. The minimum atomic E-state index is -0.849.